The molecule has 2 aromatic rings. The molecule has 2 aliphatic heterocycles. The van der Waals surface area contributed by atoms with Crippen LogP contribution >= 0.6 is 0 Å². The number of aromatic nitrogens is 1. The molecule has 1 aliphatic carbocycles. The second kappa shape index (κ2) is 8.38. The lowest BCUT2D eigenvalue weighted by atomic mass is 9.96. The van der Waals surface area contributed by atoms with Gasteiger partial charge in [0.15, 0.2) is 11.6 Å². The number of pyridine rings is 1. The molecule has 1 aromatic heterocycles. The fraction of sp³-hybridized carbons (Fsp3) is 0.538. The first-order valence-electron chi connectivity index (χ1n) is 11.8. The van der Waals surface area contributed by atoms with Crippen LogP contribution in [0.1, 0.15) is 57.4 Å². The third kappa shape index (κ3) is 4.32. The summed E-state index contributed by atoms with van der Waals surface area (Å²) >= 11 is 0. The summed E-state index contributed by atoms with van der Waals surface area (Å²) in [6.45, 7) is 6.96. The van der Waals surface area contributed by atoms with E-state index in [1.165, 1.54) is 12.8 Å². The van der Waals surface area contributed by atoms with E-state index in [1.54, 1.807) is 19.2 Å². The zero-order chi connectivity index (χ0) is 22.3. The first-order chi connectivity index (χ1) is 15.4. The topological polar surface area (TPSA) is 45.7 Å². The lowest BCUT2D eigenvalue weighted by molar-refractivity contribution is -0.117. The highest BCUT2D eigenvalue weighted by Crippen LogP contribution is 2.53. The summed E-state index contributed by atoms with van der Waals surface area (Å²) < 4.78 is 21.6. The van der Waals surface area contributed by atoms with Gasteiger partial charge >= 0.3 is 0 Å². The van der Waals surface area contributed by atoms with Crippen LogP contribution in [0.2, 0.25) is 0 Å². The van der Waals surface area contributed by atoms with Crippen LogP contribution in [-0.4, -0.2) is 43.1 Å². The molecule has 6 heteroatoms. The predicted molar refractivity (Wildman–Crippen MR) is 124 cm³/mol. The van der Waals surface area contributed by atoms with Crippen LogP contribution in [-0.2, 0) is 4.79 Å². The number of hydrogen-bond acceptors (Lipinski definition) is 5. The number of nitrogens with zero attached hydrogens (tertiary/aromatic N) is 3. The summed E-state index contributed by atoms with van der Waals surface area (Å²) in [4.78, 5) is 20.0. The van der Waals surface area contributed by atoms with Gasteiger partial charge in [-0.3, -0.25) is 0 Å². The third-order valence-electron chi connectivity index (χ3n) is 7.38. The number of carbonyl (C=O) groups excluding carboxylic acids is 1. The molecule has 0 N–H and O–H groups in total. The van der Waals surface area contributed by atoms with Gasteiger partial charge in [-0.25, -0.2) is 9.37 Å². The fourth-order valence-corrected chi connectivity index (χ4v) is 5.25. The third-order valence-corrected chi connectivity index (χ3v) is 7.38. The molecule has 3 fully saturated rings. The highest BCUT2D eigenvalue weighted by atomic mass is 19.1. The highest BCUT2D eigenvalue weighted by molar-refractivity contribution is 5.76. The van der Waals surface area contributed by atoms with Crippen molar-refractivity contribution in [1.29, 1.82) is 0 Å². The molecule has 2 atom stereocenters. The van der Waals surface area contributed by atoms with Gasteiger partial charge in [0.1, 0.15) is 17.6 Å². The molecule has 1 spiro atoms. The van der Waals surface area contributed by atoms with Gasteiger partial charge < -0.3 is 19.3 Å². The standard InChI is InChI=1S/C26H32FN3O2/c1-18(15-19(2)31)20-3-5-21(6-4-20)32-22-8-13-29(16-22)23-7-12-28-25(24(23)27)30-14-11-26(17-30)9-10-26/h3-7,12,18,22H,8-11,13-17H2,1-2H3/t18-,22-/m1/s1. The molecule has 2 saturated heterocycles. The van der Waals surface area contributed by atoms with Crippen LogP contribution in [0.3, 0.4) is 0 Å². The average molecular weight is 438 g/mol. The van der Waals surface area contributed by atoms with Crippen LogP contribution in [0.5, 0.6) is 5.75 Å². The Kier molecular flexibility index (Phi) is 5.56. The maximum absolute atomic E-state index is 15.4. The summed E-state index contributed by atoms with van der Waals surface area (Å²) in [5.41, 5.74) is 2.21. The monoisotopic (exact) mass is 437 g/mol. The zero-order valence-electron chi connectivity index (χ0n) is 19.0. The summed E-state index contributed by atoms with van der Waals surface area (Å²) in [6.07, 6.45) is 6.86. The van der Waals surface area contributed by atoms with Gasteiger partial charge in [-0.15, -0.1) is 0 Å². The number of anilines is 2. The van der Waals surface area contributed by atoms with Gasteiger partial charge in [0.05, 0.1) is 12.2 Å². The lowest BCUT2D eigenvalue weighted by Crippen LogP contribution is -2.27. The minimum Gasteiger partial charge on any atom is -0.489 e. The molecule has 3 heterocycles. The summed E-state index contributed by atoms with van der Waals surface area (Å²) in [5, 5.41) is 0. The summed E-state index contributed by atoms with van der Waals surface area (Å²) in [6, 6.07) is 9.80. The quantitative estimate of drug-likeness (QED) is 0.613. The number of halogens is 1. The van der Waals surface area contributed by atoms with E-state index in [2.05, 4.69) is 21.7 Å². The predicted octanol–water partition coefficient (Wildman–Crippen LogP) is 4.95. The van der Waals surface area contributed by atoms with Crippen LogP contribution in [0.15, 0.2) is 36.5 Å². The van der Waals surface area contributed by atoms with Crippen molar-refractivity contribution in [2.24, 2.45) is 5.41 Å². The van der Waals surface area contributed by atoms with Crippen molar-refractivity contribution in [1.82, 2.24) is 4.98 Å². The van der Waals surface area contributed by atoms with Crippen molar-refractivity contribution in [2.75, 3.05) is 36.0 Å². The number of ketones is 1. The molecule has 3 aliphatic rings. The van der Waals surface area contributed by atoms with Crippen molar-refractivity contribution < 1.29 is 13.9 Å². The number of ether oxygens (including phenoxy) is 1. The Bertz CT molecular complexity index is 989. The van der Waals surface area contributed by atoms with Gasteiger partial charge in [0.2, 0.25) is 0 Å². The van der Waals surface area contributed by atoms with Gasteiger partial charge in [-0.1, -0.05) is 19.1 Å². The largest absolute Gasteiger partial charge is 0.489 e. The van der Waals surface area contributed by atoms with Crippen LogP contribution < -0.4 is 14.5 Å². The molecular formula is C26H32FN3O2. The molecule has 5 nitrogen and oxygen atoms in total. The molecule has 0 unspecified atom stereocenters. The maximum atomic E-state index is 15.4. The summed E-state index contributed by atoms with van der Waals surface area (Å²) in [7, 11) is 0. The SMILES string of the molecule is CC(=O)C[C@@H](C)c1ccc(O[C@@H]2CCN(c3ccnc(N4CCC5(CC5)C4)c3F)C2)cc1. The molecule has 170 valence electrons. The van der Waals surface area contributed by atoms with Gasteiger partial charge in [0, 0.05) is 38.7 Å². The molecule has 1 saturated carbocycles. The van der Waals surface area contributed by atoms with E-state index in [0.717, 1.165) is 43.8 Å². The Hall–Kier alpha value is -2.63. The van der Waals surface area contributed by atoms with Crippen molar-refractivity contribution in [3.05, 3.63) is 47.9 Å². The summed E-state index contributed by atoms with van der Waals surface area (Å²) in [5.74, 6) is 1.53. The van der Waals surface area contributed by atoms with E-state index in [4.69, 9.17) is 4.74 Å². The Morgan fingerprint density at radius 3 is 2.66 bits per heavy atom. The van der Waals surface area contributed by atoms with E-state index in [0.29, 0.717) is 29.9 Å². The molecule has 1 aromatic carbocycles. The van der Waals surface area contributed by atoms with Gasteiger partial charge in [0.25, 0.3) is 0 Å². The number of carbonyl (C=O) groups is 1. The fourth-order valence-electron chi connectivity index (χ4n) is 5.25. The van der Waals surface area contributed by atoms with Crippen molar-refractivity contribution >= 4 is 17.3 Å². The van der Waals surface area contributed by atoms with Gasteiger partial charge in [-0.2, -0.15) is 0 Å². The van der Waals surface area contributed by atoms with Gasteiger partial charge in [-0.05, 0) is 61.3 Å². The Morgan fingerprint density at radius 2 is 1.97 bits per heavy atom. The van der Waals surface area contributed by atoms with Crippen molar-refractivity contribution in [3.63, 3.8) is 0 Å². The van der Waals surface area contributed by atoms with Crippen LogP contribution in [0.25, 0.3) is 0 Å². The average Bonchev–Trinajstić information content (AvgIpc) is 3.16. The van der Waals surface area contributed by atoms with Crippen molar-refractivity contribution in [2.45, 2.75) is 58.0 Å². The first-order valence-corrected chi connectivity index (χ1v) is 11.8. The molecule has 32 heavy (non-hydrogen) atoms. The Labute approximate surface area is 189 Å². The lowest BCUT2D eigenvalue weighted by Gasteiger charge is -2.24. The minimum atomic E-state index is -0.199. The number of benzene rings is 1. The van der Waals surface area contributed by atoms with E-state index < -0.39 is 0 Å². The number of rotatable bonds is 7. The van der Waals surface area contributed by atoms with Crippen LogP contribution in [0, 0.1) is 11.2 Å². The molecule has 0 bridgehead atoms. The maximum Gasteiger partial charge on any atom is 0.188 e. The molecule has 0 radical (unpaired) electrons. The zero-order valence-corrected chi connectivity index (χ0v) is 19.0. The second-order valence-electron chi connectivity index (χ2n) is 9.99. The van der Waals surface area contributed by atoms with E-state index in [-0.39, 0.29) is 23.6 Å². The molecule has 5 rings (SSSR count). The van der Waals surface area contributed by atoms with E-state index >= 15 is 4.39 Å². The normalized spacial score (nSPS) is 22.4. The minimum absolute atomic E-state index is 0.0213. The molecule has 0 amide bonds. The second-order valence-corrected chi connectivity index (χ2v) is 9.99. The Balaban J connectivity index is 1.21. The number of Topliss-reactive ketones (excluding diaryl/α,β-unsaturated/α-hetero) is 1. The first kappa shape index (κ1) is 21.2. The molecular weight excluding hydrogens is 405 g/mol. The number of hydrogen-bond donors (Lipinski definition) is 0. The van der Waals surface area contributed by atoms with Crippen molar-refractivity contribution in [3.8, 4) is 5.75 Å². The highest BCUT2D eigenvalue weighted by Gasteiger charge is 2.48. The Morgan fingerprint density at radius 1 is 1.19 bits per heavy atom. The van der Waals surface area contributed by atoms with E-state index in [1.807, 2.05) is 24.3 Å². The van der Waals surface area contributed by atoms with Crippen LogP contribution in [0.4, 0.5) is 15.9 Å². The van der Waals surface area contributed by atoms with E-state index in [9.17, 15) is 4.79 Å². The smallest absolute Gasteiger partial charge is 0.188 e.